The van der Waals surface area contributed by atoms with E-state index in [1.165, 1.54) is 5.56 Å². The molecule has 0 spiro atoms. The SMILES string of the molecule is Cc1ccc(C(O)(c2ccc(C(C)(C)C)cc2)c2cc(Cl)ncc2C2CCCN2C)cc1. The molecule has 2 atom stereocenters. The van der Waals surface area contributed by atoms with Crippen molar-refractivity contribution in [2.75, 3.05) is 13.6 Å². The second-order valence-electron chi connectivity index (χ2n) is 10.1. The van der Waals surface area contributed by atoms with E-state index in [1.54, 1.807) is 0 Å². The molecule has 1 aliphatic heterocycles. The Labute approximate surface area is 197 Å². The molecule has 0 saturated carbocycles. The van der Waals surface area contributed by atoms with Crippen molar-refractivity contribution in [2.24, 2.45) is 0 Å². The van der Waals surface area contributed by atoms with Crippen molar-refractivity contribution >= 4 is 11.6 Å². The van der Waals surface area contributed by atoms with E-state index in [0.29, 0.717) is 5.15 Å². The van der Waals surface area contributed by atoms with Crippen LogP contribution >= 0.6 is 11.6 Å². The zero-order chi connectivity index (χ0) is 23.1. The van der Waals surface area contributed by atoms with Gasteiger partial charge >= 0.3 is 0 Å². The van der Waals surface area contributed by atoms with Crippen LogP contribution in [0, 0.1) is 6.92 Å². The van der Waals surface area contributed by atoms with Crippen molar-refractivity contribution in [3.05, 3.63) is 99.3 Å². The highest BCUT2D eigenvalue weighted by atomic mass is 35.5. The maximum Gasteiger partial charge on any atom is 0.141 e. The van der Waals surface area contributed by atoms with E-state index in [9.17, 15) is 5.11 Å². The van der Waals surface area contributed by atoms with E-state index in [0.717, 1.165) is 47.2 Å². The molecule has 1 fully saturated rings. The van der Waals surface area contributed by atoms with E-state index in [2.05, 4.69) is 68.9 Å². The standard InChI is InChI=1S/C28H33ClN2O/c1-19-8-10-21(11-9-19)28(32,22-14-12-20(13-15-22)27(2,3)4)24-17-26(29)30-18-23(24)25-7-6-16-31(25)5/h8-15,17-18,25,32H,6-7,16H2,1-5H3. The highest BCUT2D eigenvalue weighted by molar-refractivity contribution is 6.29. The number of rotatable bonds is 4. The van der Waals surface area contributed by atoms with Crippen LogP contribution in [0.3, 0.4) is 0 Å². The van der Waals surface area contributed by atoms with E-state index in [-0.39, 0.29) is 11.5 Å². The Balaban J connectivity index is 1.95. The molecule has 1 saturated heterocycles. The molecule has 2 heterocycles. The third kappa shape index (κ3) is 4.22. The molecule has 4 rings (SSSR count). The lowest BCUT2D eigenvalue weighted by Gasteiger charge is -2.35. The molecule has 3 aromatic rings. The molecular formula is C28H33ClN2O. The number of halogens is 1. The Hall–Kier alpha value is -2.20. The number of hydrogen-bond donors (Lipinski definition) is 1. The summed E-state index contributed by atoms with van der Waals surface area (Å²) in [6, 6.07) is 18.5. The third-order valence-electron chi connectivity index (χ3n) is 6.81. The summed E-state index contributed by atoms with van der Waals surface area (Å²) in [5, 5.41) is 12.9. The monoisotopic (exact) mass is 448 g/mol. The van der Waals surface area contributed by atoms with Gasteiger partial charge in [-0.2, -0.15) is 0 Å². The molecule has 1 N–H and O–H groups in total. The Bertz CT molecular complexity index is 1090. The molecule has 0 radical (unpaired) electrons. The van der Waals surface area contributed by atoms with Crippen molar-refractivity contribution in [3.63, 3.8) is 0 Å². The van der Waals surface area contributed by atoms with Gasteiger partial charge in [-0.3, -0.25) is 4.90 Å². The van der Waals surface area contributed by atoms with Gasteiger partial charge < -0.3 is 5.11 Å². The quantitative estimate of drug-likeness (QED) is 0.469. The number of pyridine rings is 1. The first kappa shape index (κ1) is 23.0. The Kier molecular flexibility index (Phi) is 6.19. The van der Waals surface area contributed by atoms with Crippen LogP contribution in [0.15, 0.2) is 60.8 Å². The molecule has 0 amide bonds. The minimum Gasteiger partial charge on any atom is -0.376 e. The highest BCUT2D eigenvalue weighted by Gasteiger charge is 2.39. The van der Waals surface area contributed by atoms with Crippen LogP contribution in [0.2, 0.25) is 5.15 Å². The number of nitrogens with zero attached hydrogens (tertiary/aromatic N) is 2. The Morgan fingerprint density at radius 2 is 1.53 bits per heavy atom. The van der Waals surface area contributed by atoms with E-state index in [4.69, 9.17) is 11.6 Å². The molecular weight excluding hydrogens is 416 g/mol. The van der Waals surface area contributed by atoms with Crippen LogP contribution in [0.25, 0.3) is 0 Å². The molecule has 1 aliphatic rings. The van der Waals surface area contributed by atoms with Crippen LogP contribution in [0.4, 0.5) is 0 Å². The second kappa shape index (κ2) is 8.62. The smallest absolute Gasteiger partial charge is 0.141 e. The van der Waals surface area contributed by atoms with Crippen molar-refractivity contribution in [2.45, 2.75) is 57.6 Å². The highest BCUT2D eigenvalue weighted by Crippen LogP contribution is 2.44. The normalized spacial score (nSPS) is 19.2. The lowest BCUT2D eigenvalue weighted by Crippen LogP contribution is -2.32. The van der Waals surface area contributed by atoms with Gasteiger partial charge in [-0.25, -0.2) is 4.98 Å². The fourth-order valence-electron chi connectivity index (χ4n) is 4.81. The summed E-state index contributed by atoms with van der Waals surface area (Å²) in [5.74, 6) is 0. The van der Waals surface area contributed by atoms with E-state index in [1.807, 2.05) is 36.5 Å². The van der Waals surface area contributed by atoms with Gasteiger partial charge in [0.25, 0.3) is 0 Å². The molecule has 1 aromatic heterocycles. The fraction of sp³-hybridized carbons (Fsp3) is 0.393. The van der Waals surface area contributed by atoms with Crippen LogP contribution in [-0.2, 0) is 11.0 Å². The van der Waals surface area contributed by atoms with Crippen molar-refractivity contribution < 1.29 is 5.11 Å². The zero-order valence-corrected chi connectivity index (χ0v) is 20.4. The topological polar surface area (TPSA) is 36.4 Å². The van der Waals surface area contributed by atoms with Crippen LogP contribution in [-0.4, -0.2) is 28.6 Å². The number of hydrogen-bond acceptors (Lipinski definition) is 3. The number of likely N-dealkylation sites (tertiary alicyclic amines) is 1. The predicted octanol–water partition coefficient (Wildman–Crippen LogP) is 6.39. The van der Waals surface area contributed by atoms with Gasteiger partial charge in [-0.15, -0.1) is 0 Å². The molecule has 2 unspecified atom stereocenters. The van der Waals surface area contributed by atoms with Crippen LogP contribution < -0.4 is 0 Å². The van der Waals surface area contributed by atoms with Gasteiger partial charge in [0, 0.05) is 17.8 Å². The summed E-state index contributed by atoms with van der Waals surface area (Å²) < 4.78 is 0. The first-order chi connectivity index (χ1) is 15.1. The summed E-state index contributed by atoms with van der Waals surface area (Å²) in [4.78, 5) is 6.75. The van der Waals surface area contributed by atoms with Gasteiger partial charge in [0.2, 0.25) is 0 Å². The van der Waals surface area contributed by atoms with Gasteiger partial charge in [0.15, 0.2) is 0 Å². The summed E-state index contributed by atoms with van der Waals surface area (Å²) in [6.45, 7) is 9.69. The van der Waals surface area contributed by atoms with Gasteiger partial charge in [-0.05, 0) is 67.1 Å². The van der Waals surface area contributed by atoms with Crippen LogP contribution in [0.1, 0.15) is 73.0 Å². The van der Waals surface area contributed by atoms with Gasteiger partial charge in [-0.1, -0.05) is 86.5 Å². The number of aromatic nitrogens is 1. The van der Waals surface area contributed by atoms with Crippen molar-refractivity contribution in [1.29, 1.82) is 0 Å². The summed E-state index contributed by atoms with van der Waals surface area (Å²) in [5.41, 5.74) is 4.60. The maximum absolute atomic E-state index is 12.6. The summed E-state index contributed by atoms with van der Waals surface area (Å²) in [6.07, 6.45) is 4.03. The average Bonchev–Trinajstić information content (AvgIpc) is 3.19. The second-order valence-corrected chi connectivity index (χ2v) is 10.5. The zero-order valence-electron chi connectivity index (χ0n) is 19.7. The number of aliphatic hydroxyl groups is 1. The Morgan fingerprint density at radius 3 is 2.06 bits per heavy atom. The molecule has 0 bridgehead atoms. The molecule has 2 aromatic carbocycles. The molecule has 168 valence electrons. The van der Waals surface area contributed by atoms with Gasteiger partial charge in [0.05, 0.1) is 0 Å². The molecule has 4 heteroatoms. The first-order valence-corrected chi connectivity index (χ1v) is 11.7. The summed E-state index contributed by atoms with van der Waals surface area (Å²) in [7, 11) is 2.14. The Morgan fingerprint density at radius 1 is 0.969 bits per heavy atom. The lowest BCUT2D eigenvalue weighted by molar-refractivity contribution is 0.122. The predicted molar refractivity (Wildman–Crippen MR) is 132 cm³/mol. The third-order valence-corrected chi connectivity index (χ3v) is 7.02. The number of benzene rings is 2. The molecule has 0 aliphatic carbocycles. The van der Waals surface area contributed by atoms with Crippen molar-refractivity contribution in [1.82, 2.24) is 9.88 Å². The van der Waals surface area contributed by atoms with Gasteiger partial charge in [0.1, 0.15) is 10.8 Å². The molecule has 3 nitrogen and oxygen atoms in total. The minimum atomic E-state index is -1.34. The lowest BCUT2D eigenvalue weighted by atomic mass is 9.76. The van der Waals surface area contributed by atoms with E-state index >= 15 is 0 Å². The van der Waals surface area contributed by atoms with Crippen LogP contribution in [0.5, 0.6) is 0 Å². The molecule has 32 heavy (non-hydrogen) atoms. The minimum absolute atomic E-state index is 0.0399. The number of aryl methyl sites for hydroxylation is 1. The fourth-order valence-corrected chi connectivity index (χ4v) is 4.96. The first-order valence-electron chi connectivity index (χ1n) is 11.4. The van der Waals surface area contributed by atoms with Crippen molar-refractivity contribution in [3.8, 4) is 0 Å². The average molecular weight is 449 g/mol. The van der Waals surface area contributed by atoms with E-state index < -0.39 is 5.60 Å². The largest absolute Gasteiger partial charge is 0.376 e. The summed E-state index contributed by atoms with van der Waals surface area (Å²) >= 11 is 6.42. The maximum atomic E-state index is 12.6.